The molecule has 2 fully saturated rings. The lowest BCUT2D eigenvalue weighted by Gasteiger charge is -2.33. The van der Waals surface area contributed by atoms with Gasteiger partial charge in [0.2, 0.25) is 11.8 Å². The zero-order valence-electron chi connectivity index (χ0n) is 12.7. The summed E-state index contributed by atoms with van der Waals surface area (Å²) in [6.07, 6.45) is 6.33. The molecular formula is C16H23N3O3. The first-order valence-corrected chi connectivity index (χ1v) is 8.08. The molecule has 0 spiro atoms. The highest BCUT2D eigenvalue weighted by Crippen LogP contribution is 2.24. The first kappa shape index (κ1) is 15.1. The number of carbonyl (C=O) groups excluding carboxylic acids is 2. The molecule has 3 rings (SSSR count). The Morgan fingerprint density at radius 2 is 2.23 bits per heavy atom. The second kappa shape index (κ2) is 6.96. The number of nitrogens with zero attached hydrogens (tertiary/aromatic N) is 1. The summed E-state index contributed by atoms with van der Waals surface area (Å²) < 4.78 is 5.56. The Hall–Kier alpha value is -1.82. The summed E-state index contributed by atoms with van der Waals surface area (Å²) in [6, 6.07) is 3.52. The van der Waals surface area contributed by atoms with Gasteiger partial charge in [0.05, 0.1) is 12.3 Å². The SMILES string of the molecule is O=C1CCC(C(=O)NCC(c2ccco2)N2CCCCC2)N1. The highest BCUT2D eigenvalue weighted by Gasteiger charge is 2.29. The fourth-order valence-corrected chi connectivity index (χ4v) is 3.25. The fourth-order valence-electron chi connectivity index (χ4n) is 3.25. The van der Waals surface area contributed by atoms with E-state index in [2.05, 4.69) is 15.5 Å². The first-order chi connectivity index (χ1) is 10.7. The molecule has 2 unspecified atom stereocenters. The molecule has 120 valence electrons. The summed E-state index contributed by atoms with van der Waals surface area (Å²) in [4.78, 5) is 25.8. The van der Waals surface area contributed by atoms with Gasteiger partial charge in [-0.05, 0) is 44.5 Å². The minimum Gasteiger partial charge on any atom is -0.468 e. The van der Waals surface area contributed by atoms with Crippen molar-refractivity contribution in [1.29, 1.82) is 0 Å². The molecule has 0 saturated carbocycles. The van der Waals surface area contributed by atoms with Crippen molar-refractivity contribution in [1.82, 2.24) is 15.5 Å². The average Bonchev–Trinajstić information content (AvgIpc) is 3.20. The van der Waals surface area contributed by atoms with Crippen LogP contribution in [0.25, 0.3) is 0 Å². The Morgan fingerprint density at radius 1 is 1.41 bits per heavy atom. The van der Waals surface area contributed by atoms with Crippen LogP contribution in [0.5, 0.6) is 0 Å². The highest BCUT2D eigenvalue weighted by atomic mass is 16.3. The number of hydrogen-bond donors (Lipinski definition) is 2. The van der Waals surface area contributed by atoms with Gasteiger partial charge in [-0.15, -0.1) is 0 Å². The quantitative estimate of drug-likeness (QED) is 0.857. The lowest BCUT2D eigenvalue weighted by atomic mass is 10.1. The van der Waals surface area contributed by atoms with Crippen molar-refractivity contribution in [2.24, 2.45) is 0 Å². The summed E-state index contributed by atoms with van der Waals surface area (Å²) in [5, 5.41) is 5.68. The van der Waals surface area contributed by atoms with Crippen molar-refractivity contribution in [2.45, 2.75) is 44.2 Å². The predicted octanol–water partition coefficient (Wildman–Crippen LogP) is 1.20. The number of likely N-dealkylation sites (tertiary alicyclic amines) is 1. The molecule has 1 aromatic rings. The standard InChI is InChI=1S/C16H23N3O3/c20-15-7-6-12(18-15)16(21)17-11-13(14-5-4-10-22-14)19-8-2-1-3-9-19/h4-5,10,12-13H,1-3,6-9,11H2,(H,17,21)(H,18,20). The molecule has 3 heterocycles. The van der Waals surface area contributed by atoms with Crippen molar-refractivity contribution < 1.29 is 14.0 Å². The van der Waals surface area contributed by atoms with Gasteiger partial charge in [0.25, 0.3) is 0 Å². The van der Waals surface area contributed by atoms with Crippen LogP contribution >= 0.6 is 0 Å². The Balaban J connectivity index is 1.60. The third-order valence-corrected chi connectivity index (χ3v) is 4.48. The van der Waals surface area contributed by atoms with E-state index in [1.165, 1.54) is 19.3 Å². The van der Waals surface area contributed by atoms with Gasteiger partial charge in [0, 0.05) is 13.0 Å². The summed E-state index contributed by atoms with van der Waals surface area (Å²) in [6.45, 7) is 2.57. The molecule has 0 bridgehead atoms. The van der Waals surface area contributed by atoms with E-state index in [1.807, 2.05) is 12.1 Å². The summed E-state index contributed by atoms with van der Waals surface area (Å²) in [5.74, 6) is 0.746. The molecule has 2 saturated heterocycles. The zero-order chi connectivity index (χ0) is 15.4. The first-order valence-electron chi connectivity index (χ1n) is 8.08. The van der Waals surface area contributed by atoms with E-state index >= 15 is 0 Å². The van der Waals surface area contributed by atoms with Crippen LogP contribution in [0.4, 0.5) is 0 Å². The van der Waals surface area contributed by atoms with E-state index in [0.29, 0.717) is 19.4 Å². The molecule has 0 radical (unpaired) electrons. The minimum atomic E-state index is -0.383. The summed E-state index contributed by atoms with van der Waals surface area (Å²) >= 11 is 0. The van der Waals surface area contributed by atoms with Crippen molar-refractivity contribution in [2.75, 3.05) is 19.6 Å². The van der Waals surface area contributed by atoms with Crippen LogP contribution in [-0.4, -0.2) is 42.4 Å². The number of nitrogens with one attached hydrogen (secondary N) is 2. The molecule has 6 nitrogen and oxygen atoms in total. The second-order valence-electron chi connectivity index (χ2n) is 6.03. The van der Waals surface area contributed by atoms with E-state index in [1.54, 1.807) is 6.26 Å². The van der Waals surface area contributed by atoms with Crippen molar-refractivity contribution in [3.8, 4) is 0 Å². The van der Waals surface area contributed by atoms with Crippen LogP contribution < -0.4 is 10.6 Å². The molecule has 2 aliphatic heterocycles. The number of carbonyl (C=O) groups is 2. The minimum absolute atomic E-state index is 0.0428. The van der Waals surface area contributed by atoms with Gasteiger partial charge in [-0.1, -0.05) is 6.42 Å². The van der Waals surface area contributed by atoms with Crippen LogP contribution in [-0.2, 0) is 9.59 Å². The molecule has 6 heteroatoms. The lowest BCUT2D eigenvalue weighted by Crippen LogP contribution is -2.46. The van der Waals surface area contributed by atoms with Gasteiger partial charge >= 0.3 is 0 Å². The second-order valence-corrected chi connectivity index (χ2v) is 6.03. The monoisotopic (exact) mass is 305 g/mol. The van der Waals surface area contributed by atoms with Crippen LogP contribution in [0.15, 0.2) is 22.8 Å². The van der Waals surface area contributed by atoms with Gasteiger partial charge in [-0.25, -0.2) is 0 Å². The highest BCUT2D eigenvalue weighted by molar-refractivity contribution is 5.90. The van der Waals surface area contributed by atoms with Crippen molar-refractivity contribution in [3.05, 3.63) is 24.2 Å². The normalized spacial score (nSPS) is 24.0. The number of hydrogen-bond acceptors (Lipinski definition) is 4. The number of furan rings is 1. The fraction of sp³-hybridized carbons (Fsp3) is 0.625. The molecular weight excluding hydrogens is 282 g/mol. The van der Waals surface area contributed by atoms with Crippen LogP contribution in [0.1, 0.15) is 43.9 Å². The van der Waals surface area contributed by atoms with Gasteiger partial charge in [0.1, 0.15) is 11.8 Å². The molecule has 1 aromatic heterocycles. The zero-order valence-corrected chi connectivity index (χ0v) is 12.7. The van der Waals surface area contributed by atoms with E-state index < -0.39 is 0 Å². The van der Waals surface area contributed by atoms with Crippen molar-refractivity contribution >= 4 is 11.8 Å². The Labute approximate surface area is 130 Å². The maximum atomic E-state index is 12.2. The number of rotatable bonds is 5. The van der Waals surface area contributed by atoms with Crippen LogP contribution in [0.3, 0.4) is 0 Å². The lowest BCUT2D eigenvalue weighted by molar-refractivity contribution is -0.126. The van der Waals surface area contributed by atoms with Gasteiger partial charge in [-0.3, -0.25) is 14.5 Å². The smallest absolute Gasteiger partial charge is 0.242 e. The van der Waals surface area contributed by atoms with E-state index in [4.69, 9.17) is 4.42 Å². The summed E-state index contributed by atoms with van der Waals surface area (Å²) in [7, 11) is 0. The van der Waals surface area contributed by atoms with Crippen LogP contribution in [0, 0.1) is 0 Å². The molecule has 2 N–H and O–H groups in total. The maximum absolute atomic E-state index is 12.2. The topological polar surface area (TPSA) is 74.6 Å². The molecule has 0 aromatic carbocycles. The number of amides is 2. The maximum Gasteiger partial charge on any atom is 0.242 e. The Morgan fingerprint density at radius 3 is 2.86 bits per heavy atom. The number of piperidine rings is 1. The molecule has 0 aliphatic carbocycles. The third-order valence-electron chi connectivity index (χ3n) is 4.48. The van der Waals surface area contributed by atoms with E-state index in [0.717, 1.165) is 18.8 Å². The molecule has 2 atom stereocenters. The third kappa shape index (κ3) is 3.50. The van der Waals surface area contributed by atoms with Crippen LogP contribution in [0.2, 0.25) is 0 Å². The summed E-state index contributed by atoms with van der Waals surface area (Å²) in [5.41, 5.74) is 0. The van der Waals surface area contributed by atoms with Gasteiger partial charge in [-0.2, -0.15) is 0 Å². The van der Waals surface area contributed by atoms with E-state index in [9.17, 15) is 9.59 Å². The largest absolute Gasteiger partial charge is 0.468 e. The van der Waals surface area contributed by atoms with Crippen molar-refractivity contribution in [3.63, 3.8) is 0 Å². The average molecular weight is 305 g/mol. The molecule has 2 aliphatic rings. The Kier molecular flexibility index (Phi) is 4.77. The van der Waals surface area contributed by atoms with Gasteiger partial charge in [0.15, 0.2) is 0 Å². The van der Waals surface area contributed by atoms with Gasteiger partial charge < -0.3 is 15.1 Å². The molecule has 22 heavy (non-hydrogen) atoms. The molecule has 2 amide bonds. The predicted molar refractivity (Wildman–Crippen MR) is 81.0 cm³/mol. The van der Waals surface area contributed by atoms with E-state index in [-0.39, 0.29) is 23.9 Å². The Bertz CT molecular complexity index is 509.